The lowest BCUT2D eigenvalue weighted by Gasteiger charge is -2.16. The van der Waals surface area contributed by atoms with Gasteiger partial charge in [0.25, 0.3) is 0 Å². The van der Waals surface area contributed by atoms with Crippen molar-refractivity contribution in [1.29, 1.82) is 0 Å². The lowest BCUT2D eigenvalue weighted by atomic mass is 10.1. The lowest BCUT2D eigenvalue weighted by Crippen LogP contribution is -2.28. The molecule has 2 aromatic heterocycles. The van der Waals surface area contributed by atoms with E-state index in [-0.39, 0.29) is 11.7 Å². The molecule has 0 unspecified atom stereocenters. The van der Waals surface area contributed by atoms with Crippen LogP contribution in [0.3, 0.4) is 0 Å². The van der Waals surface area contributed by atoms with Crippen molar-refractivity contribution in [3.05, 3.63) is 90.3 Å². The number of benzene rings is 2. The molecule has 0 aliphatic carbocycles. The van der Waals surface area contributed by atoms with Crippen molar-refractivity contribution >= 4 is 17.4 Å². The highest BCUT2D eigenvalue weighted by Crippen LogP contribution is 2.18. The van der Waals surface area contributed by atoms with E-state index in [1.807, 2.05) is 30.3 Å². The monoisotopic (exact) mass is 401 g/mol. The van der Waals surface area contributed by atoms with Crippen molar-refractivity contribution in [1.82, 2.24) is 29.8 Å². The Balaban J connectivity index is 1.50. The van der Waals surface area contributed by atoms with Crippen LogP contribution in [0.15, 0.2) is 73.3 Å². The summed E-state index contributed by atoms with van der Waals surface area (Å²) in [6.45, 7) is 0. The first-order valence-electron chi connectivity index (χ1n) is 9.31. The highest BCUT2D eigenvalue weighted by atomic mass is 16.2. The van der Waals surface area contributed by atoms with Crippen LogP contribution in [0.4, 0.5) is 5.69 Å². The normalized spacial score (nSPS) is 11.8. The number of ketones is 1. The third-order valence-electron chi connectivity index (χ3n) is 4.70. The van der Waals surface area contributed by atoms with Gasteiger partial charge in [-0.2, -0.15) is 0 Å². The summed E-state index contributed by atoms with van der Waals surface area (Å²) in [5.41, 5.74) is 2.05. The molecule has 0 spiro atoms. The maximum atomic E-state index is 13.0. The molecule has 4 aromatic rings. The maximum Gasteiger partial charge on any atom is 0.249 e. The van der Waals surface area contributed by atoms with Crippen LogP contribution in [0.25, 0.3) is 0 Å². The average Bonchev–Trinajstić information content (AvgIpc) is 3.44. The Morgan fingerprint density at radius 3 is 2.47 bits per heavy atom. The van der Waals surface area contributed by atoms with E-state index in [0.29, 0.717) is 23.5 Å². The number of nitrogens with zero attached hydrogens (tertiary/aromatic N) is 6. The quantitative estimate of drug-likeness (QED) is 0.475. The molecule has 4 rings (SSSR count). The first kappa shape index (κ1) is 19.2. The van der Waals surface area contributed by atoms with Crippen LogP contribution < -0.4 is 5.32 Å². The summed E-state index contributed by atoms with van der Waals surface area (Å²) >= 11 is 0. The van der Waals surface area contributed by atoms with Gasteiger partial charge in [0.2, 0.25) is 11.7 Å². The summed E-state index contributed by atoms with van der Waals surface area (Å²) in [5, 5.41) is 14.1. The van der Waals surface area contributed by atoms with E-state index in [4.69, 9.17) is 0 Å². The van der Waals surface area contributed by atoms with Crippen LogP contribution in [0, 0.1) is 0 Å². The Morgan fingerprint density at radius 1 is 1.07 bits per heavy atom. The lowest BCUT2D eigenvalue weighted by molar-refractivity contribution is -0.119. The van der Waals surface area contributed by atoms with Crippen molar-refractivity contribution in [2.24, 2.45) is 7.05 Å². The second-order valence-corrected chi connectivity index (χ2v) is 6.75. The smallest absolute Gasteiger partial charge is 0.249 e. The summed E-state index contributed by atoms with van der Waals surface area (Å²) in [5.74, 6) is -0.0845. The van der Waals surface area contributed by atoms with E-state index in [9.17, 15) is 9.59 Å². The van der Waals surface area contributed by atoms with E-state index < -0.39 is 6.04 Å². The second-order valence-electron chi connectivity index (χ2n) is 6.75. The van der Waals surface area contributed by atoms with Gasteiger partial charge in [-0.15, -0.1) is 5.10 Å². The van der Waals surface area contributed by atoms with Gasteiger partial charge in [0.05, 0.1) is 0 Å². The molecule has 2 aromatic carbocycles. The minimum Gasteiger partial charge on any atom is -0.331 e. The van der Waals surface area contributed by atoms with E-state index >= 15 is 0 Å². The highest BCUT2D eigenvalue weighted by molar-refractivity contribution is 6.07. The molecule has 30 heavy (non-hydrogen) atoms. The molecule has 1 atom stereocenters. The zero-order chi connectivity index (χ0) is 20.9. The van der Waals surface area contributed by atoms with Crippen molar-refractivity contribution in [2.75, 3.05) is 5.32 Å². The fourth-order valence-electron chi connectivity index (χ4n) is 3.10. The number of nitrogens with one attached hydrogen (secondary N) is 1. The summed E-state index contributed by atoms with van der Waals surface area (Å²) in [4.78, 5) is 29.6. The van der Waals surface area contributed by atoms with Crippen molar-refractivity contribution in [3.8, 4) is 0 Å². The number of carbonyl (C=O) groups is 2. The molecule has 1 amide bonds. The summed E-state index contributed by atoms with van der Waals surface area (Å²) in [7, 11) is 1.76. The third kappa shape index (κ3) is 4.14. The number of carbonyl (C=O) groups excluding carboxylic acids is 2. The minimum absolute atomic E-state index is 0.184. The van der Waals surface area contributed by atoms with Crippen LogP contribution in [-0.2, 0) is 18.3 Å². The van der Waals surface area contributed by atoms with Gasteiger partial charge in [0.15, 0.2) is 5.82 Å². The van der Waals surface area contributed by atoms with Gasteiger partial charge < -0.3 is 9.88 Å². The van der Waals surface area contributed by atoms with Crippen LogP contribution in [-0.4, -0.2) is 41.4 Å². The Hall–Kier alpha value is -4.14. The summed E-state index contributed by atoms with van der Waals surface area (Å²) < 4.78 is 3.10. The molecule has 0 saturated carbocycles. The topological polar surface area (TPSA) is 108 Å². The predicted octanol–water partition coefficient (Wildman–Crippen LogP) is 2.06. The highest BCUT2D eigenvalue weighted by Gasteiger charge is 2.23. The molecule has 2 heterocycles. The summed E-state index contributed by atoms with van der Waals surface area (Å²) in [6.07, 6.45) is 5.15. The van der Waals surface area contributed by atoms with Crippen molar-refractivity contribution < 1.29 is 9.59 Å². The number of aromatic nitrogens is 6. The molecule has 1 N–H and O–H groups in total. The maximum absolute atomic E-state index is 13.0. The number of hydrogen-bond acceptors (Lipinski definition) is 6. The zero-order valence-corrected chi connectivity index (χ0v) is 16.2. The fourth-order valence-corrected chi connectivity index (χ4v) is 3.10. The third-order valence-corrected chi connectivity index (χ3v) is 4.70. The number of imidazole rings is 1. The molecule has 0 aliphatic rings. The molecule has 0 saturated heterocycles. The standard InChI is InChI=1S/C21H19N7O2/c1-27-12-11-22-20(27)19(29)16-7-9-17(10-8-16)24-21(30)18(28-14-23-25-26-28)13-15-5-3-2-4-6-15/h2-12,14,18H,13H2,1H3,(H,24,30)/t18-/m0/s1. The molecule has 0 fully saturated rings. The molecule has 9 heteroatoms. The van der Waals surface area contributed by atoms with E-state index in [0.717, 1.165) is 5.56 Å². The first-order chi connectivity index (χ1) is 14.6. The molecule has 9 nitrogen and oxygen atoms in total. The number of anilines is 1. The Kier molecular flexibility index (Phi) is 5.42. The van der Waals surface area contributed by atoms with Crippen LogP contribution in [0.1, 0.15) is 27.8 Å². The van der Waals surface area contributed by atoms with E-state index in [2.05, 4.69) is 25.8 Å². The van der Waals surface area contributed by atoms with Gasteiger partial charge in [0.1, 0.15) is 12.4 Å². The second kappa shape index (κ2) is 8.48. The number of amides is 1. The predicted molar refractivity (Wildman–Crippen MR) is 109 cm³/mol. The van der Waals surface area contributed by atoms with Gasteiger partial charge in [-0.3, -0.25) is 9.59 Å². The van der Waals surface area contributed by atoms with Gasteiger partial charge in [-0.1, -0.05) is 30.3 Å². The van der Waals surface area contributed by atoms with Gasteiger partial charge >= 0.3 is 0 Å². The fraction of sp³-hybridized carbons (Fsp3) is 0.143. The average molecular weight is 401 g/mol. The van der Waals surface area contributed by atoms with Crippen LogP contribution in [0.2, 0.25) is 0 Å². The van der Waals surface area contributed by atoms with Crippen molar-refractivity contribution in [3.63, 3.8) is 0 Å². The zero-order valence-electron chi connectivity index (χ0n) is 16.2. The van der Waals surface area contributed by atoms with Gasteiger partial charge in [-0.25, -0.2) is 9.67 Å². The van der Waals surface area contributed by atoms with Gasteiger partial charge in [-0.05, 0) is 40.3 Å². The van der Waals surface area contributed by atoms with Crippen LogP contribution in [0.5, 0.6) is 0 Å². The number of tetrazole rings is 1. The minimum atomic E-state index is -0.615. The largest absolute Gasteiger partial charge is 0.331 e. The van der Waals surface area contributed by atoms with E-state index in [1.54, 1.807) is 48.3 Å². The van der Waals surface area contributed by atoms with Crippen molar-refractivity contribution in [2.45, 2.75) is 12.5 Å². The first-order valence-corrected chi connectivity index (χ1v) is 9.31. The van der Waals surface area contributed by atoms with Gasteiger partial charge in [0, 0.05) is 37.1 Å². The molecule has 0 bridgehead atoms. The molecular formula is C21H19N7O2. The summed E-state index contributed by atoms with van der Waals surface area (Å²) in [6, 6.07) is 15.7. The molecule has 0 radical (unpaired) electrons. The van der Waals surface area contributed by atoms with Crippen LogP contribution >= 0.6 is 0 Å². The Bertz CT molecular complexity index is 1140. The Labute approximate surface area is 172 Å². The Morgan fingerprint density at radius 2 is 1.83 bits per heavy atom. The van der Waals surface area contributed by atoms with E-state index in [1.165, 1.54) is 11.0 Å². The number of rotatable bonds is 7. The molecule has 0 aliphatic heterocycles. The molecule has 150 valence electrons. The molecular weight excluding hydrogens is 382 g/mol. The number of hydrogen-bond donors (Lipinski definition) is 1. The SMILES string of the molecule is Cn1ccnc1C(=O)c1ccc(NC(=O)[C@H](Cc2ccccc2)n2cnnn2)cc1. The number of aryl methyl sites for hydroxylation is 1.